The quantitative estimate of drug-likeness (QED) is 0.337. The maximum Gasteiger partial charge on any atom is 0.181 e. The van der Waals surface area contributed by atoms with Gasteiger partial charge in [0.15, 0.2) is 5.65 Å². The van der Waals surface area contributed by atoms with E-state index in [1.54, 1.807) is 37.0 Å². The fourth-order valence-electron chi connectivity index (χ4n) is 4.30. The van der Waals surface area contributed by atoms with Crippen molar-refractivity contribution in [2.75, 3.05) is 7.11 Å². The Bertz CT molecular complexity index is 1600. The molecule has 0 aliphatic heterocycles. The maximum absolute atomic E-state index is 6.28. The Morgan fingerprint density at radius 1 is 1.06 bits per heavy atom. The molecule has 0 bridgehead atoms. The molecule has 0 fully saturated rings. The number of nitrogens with zero attached hydrogens (tertiary/aromatic N) is 3. The van der Waals surface area contributed by atoms with Gasteiger partial charge in [0.05, 0.1) is 24.7 Å². The molecule has 0 unspecified atom stereocenters. The number of methoxy groups -OCH3 is 1. The number of H-pyrrole nitrogens is 2. The van der Waals surface area contributed by atoms with E-state index >= 15 is 0 Å². The Hall–Kier alpha value is -4.17. The van der Waals surface area contributed by atoms with Crippen LogP contribution in [0.5, 0.6) is 5.75 Å². The van der Waals surface area contributed by atoms with Crippen LogP contribution in [0.3, 0.4) is 0 Å². The second-order valence-corrected chi connectivity index (χ2v) is 9.58. The molecular formula is C26H22N6OS. The maximum atomic E-state index is 6.28. The number of hydrogen-bond acceptors (Lipinski definition) is 6. The zero-order valence-corrected chi connectivity index (χ0v) is 19.5. The lowest BCUT2D eigenvalue weighted by Gasteiger charge is -2.04. The van der Waals surface area contributed by atoms with Gasteiger partial charge in [-0.1, -0.05) is 6.08 Å². The number of aromatic nitrogens is 5. The highest BCUT2D eigenvalue weighted by atomic mass is 32.1. The first-order chi connectivity index (χ1) is 16.6. The summed E-state index contributed by atoms with van der Waals surface area (Å²) >= 11 is 1.78. The minimum atomic E-state index is 0.656. The lowest BCUT2D eigenvalue weighted by molar-refractivity contribution is 0.413. The number of rotatable bonds is 4. The normalized spacial score (nSPS) is 13.4. The number of nitrogens with one attached hydrogen (secondary N) is 2. The van der Waals surface area contributed by atoms with Crippen LogP contribution in [-0.2, 0) is 6.42 Å². The van der Waals surface area contributed by atoms with Gasteiger partial charge >= 0.3 is 0 Å². The van der Waals surface area contributed by atoms with Gasteiger partial charge in [0.1, 0.15) is 5.75 Å². The lowest BCUT2D eigenvalue weighted by atomic mass is 10.0. The molecule has 0 aromatic carbocycles. The first kappa shape index (κ1) is 20.4. The Morgan fingerprint density at radius 3 is 2.76 bits per heavy atom. The van der Waals surface area contributed by atoms with E-state index in [1.807, 2.05) is 12.1 Å². The summed E-state index contributed by atoms with van der Waals surface area (Å²) in [5.74, 6) is 0.701. The smallest absolute Gasteiger partial charge is 0.181 e. The van der Waals surface area contributed by atoms with Crippen LogP contribution in [-0.4, -0.2) is 32.3 Å². The summed E-state index contributed by atoms with van der Waals surface area (Å²) in [7, 11) is 1.63. The molecule has 0 radical (unpaired) electrons. The molecule has 0 spiro atoms. The van der Waals surface area contributed by atoms with Gasteiger partial charge in [-0.25, -0.2) is 4.98 Å². The largest absolute Gasteiger partial charge is 0.495 e. The third kappa shape index (κ3) is 3.48. The van der Waals surface area contributed by atoms with Crippen LogP contribution in [0.4, 0.5) is 0 Å². The van der Waals surface area contributed by atoms with Crippen molar-refractivity contribution in [3.8, 4) is 28.3 Å². The van der Waals surface area contributed by atoms with Crippen molar-refractivity contribution in [1.82, 2.24) is 25.1 Å². The van der Waals surface area contributed by atoms with Crippen LogP contribution in [0.1, 0.15) is 21.0 Å². The van der Waals surface area contributed by atoms with Crippen molar-refractivity contribution in [3.63, 3.8) is 0 Å². The van der Waals surface area contributed by atoms with Gasteiger partial charge in [0.25, 0.3) is 0 Å². The van der Waals surface area contributed by atoms with Gasteiger partial charge in [0, 0.05) is 67.6 Å². The SMILES string of the molecule is COc1cncc(-c2cnc3n[nH]c(-c4cc5c([nH]4)CC(N)=CC=C5c4ccc(C)s4)c3c2)c1. The molecule has 5 heterocycles. The van der Waals surface area contributed by atoms with E-state index in [-0.39, 0.29) is 0 Å². The van der Waals surface area contributed by atoms with Crippen LogP contribution in [0.15, 0.2) is 66.8 Å². The number of aryl methyl sites for hydroxylation is 1. The number of thiophene rings is 1. The molecule has 7 nitrogen and oxygen atoms in total. The highest BCUT2D eigenvalue weighted by Gasteiger charge is 2.20. The summed E-state index contributed by atoms with van der Waals surface area (Å²) < 4.78 is 5.33. The summed E-state index contributed by atoms with van der Waals surface area (Å²) in [5.41, 5.74) is 14.9. The Morgan fingerprint density at radius 2 is 1.94 bits per heavy atom. The Labute approximate surface area is 200 Å². The number of pyridine rings is 2. The molecule has 34 heavy (non-hydrogen) atoms. The monoisotopic (exact) mass is 466 g/mol. The van der Waals surface area contributed by atoms with Gasteiger partial charge in [0.2, 0.25) is 0 Å². The van der Waals surface area contributed by atoms with E-state index in [2.05, 4.69) is 62.4 Å². The molecule has 5 aromatic rings. The zero-order chi connectivity index (χ0) is 23.2. The van der Waals surface area contributed by atoms with E-state index < -0.39 is 0 Å². The highest BCUT2D eigenvalue weighted by Crippen LogP contribution is 2.37. The van der Waals surface area contributed by atoms with E-state index in [9.17, 15) is 0 Å². The Kier molecular flexibility index (Phi) is 4.81. The van der Waals surface area contributed by atoms with E-state index in [4.69, 9.17) is 10.5 Å². The van der Waals surface area contributed by atoms with Crippen molar-refractivity contribution in [3.05, 3.63) is 87.8 Å². The van der Waals surface area contributed by atoms with Crippen LogP contribution in [0, 0.1) is 6.92 Å². The van der Waals surface area contributed by atoms with Crippen LogP contribution >= 0.6 is 11.3 Å². The molecule has 8 heteroatoms. The number of ether oxygens (including phenoxy) is 1. The van der Waals surface area contributed by atoms with Gasteiger partial charge in [-0.2, -0.15) is 5.10 Å². The summed E-state index contributed by atoms with van der Waals surface area (Å²) in [4.78, 5) is 14.9. The second-order valence-electron chi connectivity index (χ2n) is 8.29. The van der Waals surface area contributed by atoms with Gasteiger partial charge in [-0.15, -0.1) is 11.3 Å². The van der Waals surface area contributed by atoms with E-state index in [0.717, 1.165) is 44.9 Å². The third-order valence-corrected chi connectivity index (χ3v) is 7.04. The van der Waals surface area contributed by atoms with E-state index in [1.165, 1.54) is 15.3 Å². The van der Waals surface area contributed by atoms with Crippen LogP contribution in [0.25, 0.3) is 39.1 Å². The second kappa shape index (κ2) is 8.00. The average molecular weight is 467 g/mol. The molecule has 5 aromatic heterocycles. The minimum absolute atomic E-state index is 0.656. The summed E-state index contributed by atoms with van der Waals surface area (Å²) in [5, 5.41) is 8.55. The number of aromatic amines is 2. The standard InChI is InChI=1S/C26H22N6OS/c1-14-3-6-24(34-14)19-5-4-17(27)9-22-20(19)10-23(30-22)25-21-8-16(12-29-26(21)32-31-25)15-7-18(33-2)13-28-11-15/h3-8,10-13,30H,9,27H2,1-2H3,(H,29,31,32). The first-order valence-electron chi connectivity index (χ1n) is 10.9. The fourth-order valence-corrected chi connectivity index (χ4v) is 5.21. The molecule has 0 saturated heterocycles. The number of allylic oxidation sites excluding steroid dienone is 3. The summed E-state index contributed by atoms with van der Waals surface area (Å²) in [6, 6.07) is 10.5. The molecule has 4 N–H and O–H groups in total. The van der Waals surface area contributed by atoms with Gasteiger partial charge in [-0.05, 0) is 43.3 Å². The summed E-state index contributed by atoms with van der Waals surface area (Å²) in [6.07, 6.45) is 10.1. The van der Waals surface area contributed by atoms with Crippen molar-refractivity contribution in [2.45, 2.75) is 13.3 Å². The minimum Gasteiger partial charge on any atom is -0.495 e. The molecule has 0 atom stereocenters. The zero-order valence-electron chi connectivity index (χ0n) is 18.7. The van der Waals surface area contributed by atoms with Crippen molar-refractivity contribution >= 4 is 27.9 Å². The number of fused-ring (bicyclic) bond motifs is 2. The van der Waals surface area contributed by atoms with E-state index in [0.29, 0.717) is 17.8 Å². The molecule has 0 saturated carbocycles. The predicted octanol–water partition coefficient (Wildman–Crippen LogP) is 5.22. The van der Waals surface area contributed by atoms with Gasteiger partial charge in [-0.3, -0.25) is 10.1 Å². The third-order valence-electron chi connectivity index (χ3n) is 6.00. The van der Waals surface area contributed by atoms with Crippen molar-refractivity contribution in [1.29, 1.82) is 0 Å². The van der Waals surface area contributed by atoms with Gasteiger partial charge < -0.3 is 15.5 Å². The molecule has 0 amide bonds. The predicted molar refractivity (Wildman–Crippen MR) is 136 cm³/mol. The molecule has 6 rings (SSSR count). The van der Waals surface area contributed by atoms with Crippen LogP contribution < -0.4 is 10.5 Å². The average Bonchev–Trinajstić information content (AvgIpc) is 3.56. The summed E-state index contributed by atoms with van der Waals surface area (Å²) in [6.45, 7) is 2.12. The van der Waals surface area contributed by atoms with Crippen molar-refractivity contribution < 1.29 is 4.74 Å². The van der Waals surface area contributed by atoms with Crippen molar-refractivity contribution in [2.24, 2.45) is 5.73 Å². The molecule has 1 aliphatic rings. The van der Waals surface area contributed by atoms with Crippen LogP contribution in [0.2, 0.25) is 0 Å². The number of hydrogen-bond donors (Lipinski definition) is 3. The topological polar surface area (TPSA) is 106 Å². The number of nitrogens with two attached hydrogens (primary N) is 1. The molecular weight excluding hydrogens is 444 g/mol. The molecule has 1 aliphatic carbocycles. The Balaban J connectivity index is 1.47. The lowest BCUT2D eigenvalue weighted by Crippen LogP contribution is -2.01. The highest BCUT2D eigenvalue weighted by molar-refractivity contribution is 7.13. The first-order valence-corrected chi connectivity index (χ1v) is 11.7. The fraction of sp³-hybridized carbons (Fsp3) is 0.115. The molecule has 168 valence electrons.